The first-order valence-corrected chi connectivity index (χ1v) is 14.4. The quantitative estimate of drug-likeness (QED) is 0.451. The first kappa shape index (κ1) is 30.2. The van der Waals surface area contributed by atoms with E-state index < -0.39 is 23.9 Å². The van der Waals surface area contributed by atoms with E-state index in [2.05, 4.69) is 10.6 Å². The third kappa shape index (κ3) is 7.56. The lowest BCUT2D eigenvalue weighted by molar-refractivity contribution is -0.125. The molecule has 0 spiro atoms. The van der Waals surface area contributed by atoms with Crippen LogP contribution in [0.15, 0.2) is 54.6 Å². The number of piperidine rings is 1. The fourth-order valence-electron chi connectivity index (χ4n) is 5.25. The van der Waals surface area contributed by atoms with Crippen LogP contribution in [0, 0.1) is 12.7 Å². The van der Waals surface area contributed by atoms with Crippen LogP contribution in [0.25, 0.3) is 0 Å². The summed E-state index contributed by atoms with van der Waals surface area (Å²) in [5.74, 6) is -0.256. The fraction of sp³-hybridized carbons (Fsp3) is 0.344. The van der Waals surface area contributed by atoms with Crippen LogP contribution < -0.4 is 24.8 Å². The van der Waals surface area contributed by atoms with E-state index in [1.165, 1.54) is 19.2 Å². The lowest BCUT2D eigenvalue weighted by atomic mass is 10.00. The number of hydrogen-bond donors (Lipinski definition) is 2. The van der Waals surface area contributed by atoms with E-state index in [1.54, 1.807) is 41.3 Å². The van der Waals surface area contributed by atoms with E-state index in [-0.39, 0.29) is 43.7 Å². The first-order chi connectivity index (χ1) is 20.7. The molecule has 43 heavy (non-hydrogen) atoms. The Kier molecular flexibility index (Phi) is 9.35. The molecular formula is C32H33ClFN3O6. The normalized spacial score (nSPS) is 19.4. The molecule has 5 rings (SSSR count). The summed E-state index contributed by atoms with van der Waals surface area (Å²) in [7, 11) is 1.50. The molecule has 0 aromatic heterocycles. The van der Waals surface area contributed by atoms with E-state index in [1.807, 2.05) is 13.0 Å². The van der Waals surface area contributed by atoms with Crippen molar-refractivity contribution in [2.45, 2.75) is 44.9 Å². The number of aryl methyl sites for hydroxylation is 2. The molecule has 1 saturated heterocycles. The Morgan fingerprint density at radius 1 is 1.05 bits per heavy atom. The van der Waals surface area contributed by atoms with Crippen LogP contribution in [0.1, 0.15) is 39.9 Å². The first-order valence-electron chi connectivity index (χ1n) is 14.1. The molecule has 2 atom stereocenters. The maximum atomic E-state index is 14.6. The lowest BCUT2D eigenvalue weighted by Gasteiger charge is -2.39. The molecule has 2 aliphatic heterocycles. The third-order valence-corrected chi connectivity index (χ3v) is 7.95. The van der Waals surface area contributed by atoms with Gasteiger partial charge in [0.1, 0.15) is 17.7 Å². The zero-order valence-electron chi connectivity index (χ0n) is 24.0. The summed E-state index contributed by atoms with van der Waals surface area (Å²) in [5, 5.41) is 6.35. The number of rotatable bonds is 2. The molecule has 3 amide bonds. The summed E-state index contributed by atoms with van der Waals surface area (Å²) >= 11 is 6.15. The van der Waals surface area contributed by atoms with Gasteiger partial charge in [-0.3, -0.25) is 14.4 Å². The van der Waals surface area contributed by atoms with Gasteiger partial charge in [-0.15, -0.1) is 0 Å². The van der Waals surface area contributed by atoms with E-state index in [0.717, 1.165) is 11.1 Å². The van der Waals surface area contributed by atoms with Crippen LogP contribution in [0.4, 0.5) is 4.39 Å². The largest absolute Gasteiger partial charge is 0.493 e. The Hall–Kier alpha value is -4.31. The standard InChI is InChI=1S/C32H33ClFN3O6/c1-19-11-22(5-6-25(19)33)32(40)37-10-9-27-26(17-37)36-31(39)18-42-29-14-20(3-7-28(29)41-2)4-8-30(38)35-16-21-12-23(34)15-24(13-21)43-27/h3,5-7,11-15,26-27H,4,8-10,16-18H2,1-2H3,(H,35,38)(H,36,39)/t26-,27-/m1/s1. The number of halogens is 2. The number of fused-ring (bicyclic) bond motifs is 5. The molecule has 0 unspecified atom stereocenters. The summed E-state index contributed by atoms with van der Waals surface area (Å²) in [4.78, 5) is 40.8. The number of hydrogen-bond acceptors (Lipinski definition) is 6. The van der Waals surface area contributed by atoms with Crippen LogP contribution in [-0.4, -0.2) is 61.6 Å². The summed E-state index contributed by atoms with van der Waals surface area (Å²) in [6.07, 6.45) is 0.444. The predicted molar refractivity (Wildman–Crippen MR) is 158 cm³/mol. The number of nitrogens with one attached hydrogen (secondary N) is 2. The summed E-state index contributed by atoms with van der Waals surface area (Å²) in [6.45, 7) is 2.15. The second-order valence-electron chi connectivity index (χ2n) is 10.7. The van der Waals surface area contributed by atoms with Gasteiger partial charge in [0.25, 0.3) is 11.8 Å². The summed E-state index contributed by atoms with van der Waals surface area (Å²) in [5.41, 5.74) is 2.63. The molecule has 9 nitrogen and oxygen atoms in total. The predicted octanol–water partition coefficient (Wildman–Crippen LogP) is 4.22. The second-order valence-corrected chi connectivity index (χ2v) is 11.1. The monoisotopic (exact) mass is 609 g/mol. The van der Waals surface area contributed by atoms with Crippen LogP contribution in [0.3, 0.4) is 0 Å². The maximum Gasteiger partial charge on any atom is 0.258 e. The molecule has 226 valence electrons. The van der Waals surface area contributed by atoms with Crippen molar-refractivity contribution in [3.05, 3.63) is 87.7 Å². The zero-order chi connectivity index (χ0) is 30.5. The van der Waals surface area contributed by atoms with Gasteiger partial charge in [0, 0.05) is 49.1 Å². The highest BCUT2D eigenvalue weighted by molar-refractivity contribution is 6.31. The highest BCUT2D eigenvalue weighted by Gasteiger charge is 2.35. The number of carbonyl (C=O) groups is 3. The topological polar surface area (TPSA) is 106 Å². The van der Waals surface area contributed by atoms with E-state index in [0.29, 0.717) is 47.0 Å². The minimum atomic E-state index is -0.624. The van der Waals surface area contributed by atoms with Gasteiger partial charge in [0.2, 0.25) is 5.91 Å². The van der Waals surface area contributed by atoms with Gasteiger partial charge in [-0.05, 0) is 72.5 Å². The Labute approximate surface area is 254 Å². The van der Waals surface area contributed by atoms with Crippen molar-refractivity contribution in [2.75, 3.05) is 26.8 Å². The fourth-order valence-corrected chi connectivity index (χ4v) is 5.37. The summed E-state index contributed by atoms with van der Waals surface area (Å²) < 4.78 is 32.0. The average molecular weight is 610 g/mol. The van der Waals surface area contributed by atoms with Crippen molar-refractivity contribution in [1.29, 1.82) is 0 Å². The molecule has 2 N–H and O–H groups in total. The van der Waals surface area contributed by atoms with Crippen molar-refractivity contribution >= 4 is 29.3 Å². The molecule has 0 saturated carbocycles. The average Bonchev–Trinajstić information content (AvgIpc) is 2.99. The molecule has 1 fully saturated rings. The van der Waals surface area contributed by atoms with Crippen LogP contribution in [0.2, 0.25) is 5.02 Å². The van der Waals surface area contributed by atoms with Gasteiger partial charge in [-0.25, -0.2) is 4.39 Å². The number of nitrogens with zero attached hydrogens (tertiary/aromatic N) is 1. The van der Waals surface area contributed by atoms with Crippen molar-refractivity contribution in [3.63, 3.8) is 0 Å². The van der Waals surface area contributed by atoms with Crippen molar-refractivity contribution < 1.29 is 33.0 Å². The summed E-state index contributed by atoms with van der Waals surface area (Å²) in [6, 6.07) is 14.0. The number of ether oxygens (including phenoxy) is 3. The molecular weight excluding hydrogens is 577 g/mol. The zero-order valence-corrected chi connectivity index (χ0v) is 24.7. The third-order valence-electron chi connectivity index (χ3n) is 7.52. The Morgan fingerprint density at radius 2 is 1.88 bits per heavy atom. The van der Waals surface area contributed by atoms with Gasteiger partial charge in [-0.2, -0.15) is 0 Å². The van der Waals surface area contributed by atoms with Gasteiger partial charge in [-0.1, -0.05) is 17.7 Å². The van der Waals surface area contributed by atoms with Gasteiger partial charge >= 0.3 is 0 Å². The van der Waals surface area contributed by atoms with E-state index in [4.69, 9.17) is 25.8 Å². The SMILES string of the molecule is COc1ccc2cc1OCC(=O)N[C@@H]1CN(C(=O)c3ccc(Cl)c(C)c3)CC[C@H]1Oc1cc(F)cc(c1)CNC(=O)CC2. The number of methoxy groups -OCH3 is 1. The molecule has 2 aliphatic rings. The molecule has 4 bridgehead atoms. The Balaban J connectivity index is 1.42. The highest BCUT2D eigenvalue weighted by atomic mass is 35.5. The Bertz CT molecular complexity index is 1530. The van der Waals surface area contributed by atoms with Gasteiger partial charge in [0.05, 0.1) is 13.2 Å². The molecule has 3 aromatic carbocycles. The number of likely N-dealkylation sites (tertiary alicyclic amines) is 1. The van der Waals surface area contributed by atoms with E-state index >= 15 is 0 Å². The Morgan fingerprint density at radius 3 is 2.67 bits per heavy atom. The molecule has 2 heterocycles. The smallest absolute Gasteiger partial charge is 0.258 e. The van der Waals surface area contributed by atoms with Crippen molar-refractivity contribution in [2.24, 2.45) is 0 Å². The van der Waals surface area contributed by atoms with Gasteiger partial charge in [0.15, 0.2) is 18.1 Å². The van der Waals surface area contributed by atoms with E-state index in [9.17, 15) is 18.8 Å². The number of carbonyl (C=O) groups excluding carboxylic acids is 3. The number of benzene rings is 3. The molecule has 0 aliphatic carbocycles. The van der Waals surface area contributed by atoms with Crippen LogP contribution >= 0.6 is 11.6 Å². The van der Waals surface area contributed by atoms with Gasteiger partial charge < -0.3 is 29.7 Å². The van der Waals surface area contributed by atoms with Crippen molar-refractivity contribution in [3.8, 4) is 17.2 Å². The second kappa shape index (κ2) is 13.3. The van der Waals surface area contributed by atoms with Crippen molar-refractivity contribution in [1.82, 2.24) is 15.5 Å². The lowest BCUT2D eigenvalue weighted by Crippen LogP contribution is -2.58. The maximum absolute atomic E-state index is 14.6. The molecule has 0 radical (unpaired) electrons. The highest BCUT2D eigenvalue weighted by Crippen LogP contribution is 2.29. The van der Waals surface area contributed by atoms with Crippen LogP contribution in [-0.2, 0) is 22.6 Å². The number of amides is 3. The minimum Gasteiger partial charge on any atom is -0.493 e. The molecule has 3 aromatic rings. The molecule has 11 heteroatoms. The van der Waals surface area contributed by atoms with Crippen LogP contribution in [0.5, 0.6) is 17.2 Å². The minimum absolute atomic E-state index is 0.123.